The molecule has 0 rings (SSSR count). The van der Waals surface area contributed by atoms with E-state index in [2.05, 4.69) is 30.2 Å². The molecule has 0 aromatic carbocycles. The van der Waals surface area contributed by atoms with Crippen LogP contribution in [0.3, 0.4) is 0 Å². The molecular weight excluding hydrogens is 583 g/mol. The van der Waals surface area contributed by atoms with Crippen molar-refractivity contribution in [1.29, 1.82) is 0 Å². The molecule has 0 aliphatic carbocycles. The van der Waals surface area contributed by atoms with Crippen LogP contribution in [0.5, 0.6) is 0 Å². The van der Waals surface area contributed by atoms with Gasteiger partial charge in [0.2, 0.25) is 0 Å². The van der Waals surface area contributed by atoms with Crippen LogP contribution in [-0.2, 0) is 37.3 Å². The third kappa shape index (κ3) is 32.2. The molecule has 2 unspecified atom stereocenters. The lowest BCUT2D eigenvalue weighted by molar-refractivity contribution is -0.145. The van der Waals surface area contributed by atoms with E-state index in [4.69, 9.17) is 37.8 Å². The highest BCUT2D eigenvalue weighted by atomic mass is 35.7. The van der Waals surface area contributed by atoms with E-state index in [1.807, 2.05) is 0 Å². The fourth-order valence-electron chi connectivity index (χ4n) is 1.52. The van der Waals surface area contributed by atoms with E-state index >= 15 is 0 Å². The van der Waals surface area contributed by atoms with Crippen LogP contribution in [-0.4, -0.2) is 74.1 Å². The summed E-state index contributed by atoms with van der Waals surface area (Å²) in [5, 5.41) is 13.4. The Morgan fingerprint density at radius 2 is 1.19 bits per heavy atom. The van der Waals surface area contributed by atoms with Crippen molar-refractivity contribution in [2.75, 3.05) is 25.2 Å². The summed E-state index contributed by atoms with van der Waals surface area (Å²) in [5.74, 6) is -2.46. The zero-order valence-corrected chi connectivity index (χ0v) is 25.1. The zero-order chi connectivity index (χ0) is 30.0. The first-order valence-electron chi connectivity index (χ1n) is 10.6. The van der Waals surface area contributed by atoms with Gasteiger partial charge < -0.3 is 30.0 Å². The number of carbonyl (C=O) groups excluding carboxylic acids is 3. The summed E-state index contributed by atoms with van der Waals surface area (Å²) in [6.07, 6.45) is -1.15. The average Bonchev–Trinajstić information content (AvgIpc) is 2.67. The number of esters is 1. The molecule has 0 saturated carbocycles. The van der Waals surface area contributed by atoms with Crippen LogP contribution < -0.4 is 10.6 Å². The lowest BCUT2D eigenvalue weighted by atomic mass is 10.2. The SMILES string of the molecule is CC(CNC(=O)OC(C)(C)C)C(=O)O.CC(CNC(=O)OC(C)(C)C)C(=O)OCCl.O=S(=O)(Cl)OCCl. The van der Waals surface area contributed by atoms with Crippen LogP contribution in [0.1, 0.15) is 55.4 Å². The maximum Gasteiger partial charge on any atom is 0.407 e. The maximum atomic E-state index is 11.2. The number of alkyl carbamates (subject to hydrolysis) is 2. The van der Waals surface area contributed by atoms with Gasteiger partial charge in [0.05, 0.1) is 11.8 Å². The molecule has 0 aromatic heterocycles. The van der Waals surface area contributed by atoms with Crippen LogP contribution in [0, 0.1) is 11.8 Å². The monoisotopic (exact) mass is 618 g/mol. The van der Waals surface area contributed by atoms with Gasteiger partial charge >= 0.3 is 33.5 Å². The Bertz CT molecular complexity index is 813. The van der Waals surface area contributed by atoms with Crippen molar-refractivity contribution in [3.05, 3.63) is 0 Å². The lowest BCUT2D eigenvalue weighted by Crippen LogP contribution is -2.36. The number of aliphatic carboxylic acids is 1. The second-order valence-electron chi connectivity index (χ2n) is 9.10. The summed E-state index contributed by atoms with van der Waals surface area (Å²) >= 11 is 10.0. The van der Waals surface area contributed by atoms with E-state index in [1.165, 1.54) is 6.92 Å². The summed E-state index contributed by atoms with van der Waals surface area (Å²) < 4.78 is 37.6. The Morgan fingerprint density at radius 3 is 1.43 bits per heavy atom. The number of nitrogens with one attached hydrogen (secondary N) is 2. The Kier molecular flexibility index (Phi) is 20.8. The van der Waals surface area contributed by atoms with Crippen molar-refractivity contribution in [2.45, 2.75) is 66.6 Å². The van der Waals surface area contributed by atoms with Gasteiger partial charge in [-0.3, -0.25) is 9.59 Å². The summed E-state index contributed by atoms with van der Waals surface area (Å²) in [6, 6.07) is -0.624. The molecule has 0 radical (unpaired) electrons. The first-order chi connectivity index (χ1) is 16.5. The summed E-state index contributed by atoms with van der Waals surface area (Å²) in [5.41, 5.74) is -1.11. The Labute approximate surface area is 232 Å². The molecule has 2 atom stereocenters. The number of carboxylic acids is 1. The van der Waals surface area contributed by atoms with E-state index in [0.717, 1.165) is 0 Å². The van der Waals surface area contributed by atoms with Gasteiger partial charge in [0.15, 0.2) is 6.07 Å². The smallest absolute Gasteiger partial charge is 0.407 e. The molecule has 2 amide bonds. The normalized spacial score (nSPS) is 12.7. The molecular formula is C20H37Cl3N2O11S. The van der Waals surface area contributed by atoms with Gasteiger partial charge in [0, 0.05) is 23.8 Å². The number of halogens is 3. The van der Waals surface area contributed by atoms with Crippen molar-refractivity contribution in [2.24, 2.45) is 11.8 Å². The Morgan fingerprint density at radius 1 is 0.811 bits per heavy atom. The van der Waals surface area contributed by atoms with Crippen molar-refractivity contribution in [3.8, 4) is 0 Å². The van der Waals surface area contributed by atoms with E-state index in [1.54, 1.807) is 48.5 Å². The largest absolute Gasteiger partial charge is 0.481 e. The molecule has 17 heteroatoms. The van der Waals surface area contributed by atoms with Gasteiger partial charge in [-0.2, -0.15) is 8.42 Å². The topological polar surface area (TPSA) is 184 Å². The van der Waals surface area contributed by atoms with Crippen LogP contribution in [0.15, 0.2) is 0 Å². The molecule has 3 N–H and O–H groups in total. The van der Waals surface area contributed by atoms with Crippen molar-refractivity contribution < 1.29 is 51.1 Å². The Balaban J connectivity index is -0.000000503. The predicted octanol–water partition coefficient (Wildman–Crippen LogP) is 3.80. The average molecular weight is 620 g/mol. The minimum Gasteiger partial charge on any atom is -0.481 e. The molecule has 0 heterocycles. The molecule has 0 spiro atoms. The van der Waals surface area contributed by atoms with E-state index in [-0.39, 0.29) is 19.2 Å². The van der Waals surface area contributed by atoms with E-state index in [9.17, 15) is 27.6 Å². The number of hydrogen-bond donors (Lipinski definition) is 3. The van der Waals surface area contributed by atoms with Gasteiger partial charge in [-0.15, -0.1) is 0 Å². The third-order valence-corrected chi connectivity index (χ3v) is 4.12. The second kappa shape index (κ2) is 19.3. The fourth-order valence-corrected chi connectivity index (χ4v) is 2.36. The van der Waals surface area contributed by atoms with Crippen molar-refractivity contribution in [3.63, 3.8) is 0 Å². The highest BCUT2D eigenvalue weighted by Crippen LogP contribution is 2.07. The van der Waals surface area contributed by atoms with Gasteiger partial charge in [-0.05, 0) is 41.5 Å². The first-order valence-corrected chi connectivity index (χ1v) is 13.9. The number of ether oxygens (including phenoxy) is 3. The summed E-state index contributed by atoms with van der Waals surface area (Å²) in [7, 11) is 0.665. The molecule has 0 bridgehead atoms. The standard InChI is InChI=1S/C10H18ClNO4.C9H17NO4.CH2Cl2O3S/c1-7(8(13)15-6-11)5-12-9(14)16-10(2,3)4;1-6(7(11)12)5-10-8(13)14-9(2,3)4;2-1-6-7(3,4)5/h7H,5-6H2,1-4H3,(H,12,14);6H,5H2,1-4H3,(H,10,13)(H,11,12);1H2. The molecule has 0 aromatic rings. The summed E-state index contributed by atoms with van der Waals surface area (Å²) in [4.78, 5) is 43.8. The van der Waals surface area contributed by atoms with Gasteiger partial charge in [0.1, 0.15) is 17.3 Å². The molecule has 0 aliphatic rings. The number of alkyl halides is 2. The Hall–Kier alpha value is -1.74. The van der Waals surface area contributed by atoms with Gasteiger partial charge in [-0.1, -0.05) is 37.0 Å². The second-order valence-corrected chi connectivity index (χ2v) is 11.7. The molecule has 37 heavy (non-hydrogen) atoms. The van der Waals surface area contributed by atoms with E-state index < -0.39 is 62.6 Å². The quantitative estimate of drug-likeness (QED) is 0.148. The number of carboxylic acid groups (broad SMARTS) is 1. The predicted molar refractivity (Wildman–Crippen MR) is 138 cm³/mol. The number of hydrogen-bond acceptors (Lipinski definition) is 10. The van der Waals surface area contributed by atoms with Gasteiger partial charge in [-0.25, -0.2) is 13.8 Å². The molecule has 0 aliphatic heterocycles. The van der Waals surface area contributed by atoms with Crippen molar-refractivity contribution in [1.82, 2.24) is 10.6 Å². The molecule has 0 saturated heterocycles. The summed E-state index contributed by atoms with van der Waals surface area (Å²) in [6.45, 7) is 13.9. The number of amides is 2. The van der Waals surface area contributed by atoms with Gasteiger partial charge in [0.25, 0.3) is 0 Å². The molecule has 220 valence electrons. The zero-order valence-electron chi connectivity index (χ0n) is 22.1. The van der Waals surface area contributed by atoms with Crippen molar-refractivity contribution >= 4 is 67.3 Å². The van der Waals surface area contributed by atoms with Crippen LogP contribution in [0.25, 0.3) is 0 Å². The molecule has 13 nitrogen and oxygen atoms in total. The molecule has 0 fully saturated rings. The van der Waals surface area contributed by atoms with E-state index in [0.29, 0.717) is 0 Å². The maximum absolute atomic E-state index is 11.2. The fraction of sp³-hybridized carbons (Fsp3) is 0.800. The minimum absolute atomic E-state index is 0.0737. The van der Waals surface area contributed by atoms with Crippen LogP contribution in [0.2, 0.25) is 0 Å². The minimum atomic E-state index is -3.83. The van der Waals surface area contributed by atoms with Crippen LogP contribution in [0.4, 0.5) is 9.59 Å². The first kappa shape index (κ1) is 39.8. The lowest BCUT2D eigenvalue weighted by Gasteiger charge is -2.20. The number of carbonyl (C=O) groups is 4. The number of rotatable bonds is 9. The third-order valence-electron chi connectivity index (χ3n) is 3.11. The highest BCUT2D eigenvalue weighted by Gasteiger charge is 2.19. The van der Waals surface area contributed by atoms with Crippen LogP contribution >= 0.6 is 33.9 Å². The highest BCUT2D eigenvalue weighted by molar-refractivity contribution is 8.10.